The van der Waals surface area contributed by atoms with Gasteiger partial charge in [-0.3, -0.25) is 4.99 Å². The van der Waals surface area contributed by atoms with Crippen LogP contribution >= 0.6 is 0 Å². The first kappa shape index (κ1) is 14.4. The first-order valence-electron chi connectivity index (χ1n) is 7.37. The first-order chi connectivity index (χ1) is 9.15. The minimum absolute atomic E-state index is 0.0973. The Morgan fingerprint density at radius 3 is 2.74 bits per heavy atom. The second-order valence-corrected chi connectivity index (χ2v) is 5.75. The minimum Gasteiger partial charge on any atom is -0.258 e. The highest BCUT2D eigenvalue weighted by Crippen LogP contribution is 2.31. The number of allylic oxidation sites excluding steroid dienone is 4. The van der Waals surface area contributed by atoms with Crippen molar-refractivity contribution in [2.24, 2.45) is 16.8 Å². The maximum Gasteiger partial charge on any atom is 0.239 e. The van der Waals surface area contributed by atoms with Crippen molar-refractivity contribution >= 4 is 5.71 Å². The fourth-order valence-electron chi connectivity index (χ4n) is 2.94. The molecule has 1 aliphatic carbocycles. The van der Waals surface area contributed by atoms with E-state index in [-0.39, 0.29) is 12.3 Å². The summed E-state index contributed by atoms with van der Waals surface area (Å²) >= 11 is 0. The molecule has 1 unspecified atom stereocenters. The molecule has 106 valence electrons. The van der Waals surface area contributed by atoms with E-state index in [0.717, 1.165) is 30.2 Å². The fraction of sp³-hybridized carbons (Fsp3) is 0.688. The van der Waals surface area contributed by atoms with Gasteiger partial charge in [-0.05, 0) is 24.8 Å². The Labute approximate surface area is 114 Å². The Bertz CT molecular complexity index is 376. The van der Waals surface area contributed by atoms with Crippen molar-refractivity contribution in [2.75, 3.05) is 0 Å². The summed E-state index contributed by atoms with van der Waals surface area (Å²) in [6.45, 7) is 1.84. The summed E-state index contributed by atoms with van der Waals surface area (Å²) in [6.07, 6.45) is 10.9. The Kier molecular flexibility index (Phi) is 5.29. The van der Waals surface area contributed by atoms with Crippen LogP contribution < -0.4 is 0 Å². The maximum atomic E-state index is 12.5. The van der Waals surface area contributed by atoms with Crippen LogP contribution in [0.15, 0.2) is 28.9 Å². The molecule has 1 nitrogen and oxygen atoms in total. The molecule has 0 aromatic rings. The maximum absolute atomic E-state index is 12.5. The van der Waals surface area contributed by atoms with E-state index in [1.807, 2.05) is 19.1 Å². The van der Waals surface area contributed by atoms with Crippen LogP contribution in [0.3, 0.4) is 0 Å². The summed E-state index contributed by atoms with van der Waals surface area (Å²) in [5, 5.41) is 0. The van der Waals surface area contributed by atoms with E-state index >= 15 is 0 Å². The summed E-state index contributed by atoms with van der Waals surface area (Å²) in [7, 11) is 0. The summed E-state index contributed by atoms with van der Waals surface area (Å²) in [5.74, 6) is 0.584. The quantitative estimate of drug-likeness (QED) is 0.653. The summed E-state index contributed by atoms with van der Waals surface area (Å²) in [6, 6.07) is 0. The van der Waals surface area contributed by atoms with E-state index in [1.54, 1.807) is 0 Å². The summed E-state index contributed by atoms with van der Waals surface area (Å²) in [5.41, 5.74) is 1.93. The van der Waals surface area contributed by atoms with Crippen molar-refractivity contribution in [2.45, 2.75) is 58.3 Å². The molecule has 2 rings (SSSR count). The highest BCUT2D eigenvalue weighted by Gasteiger charge is 2.19. The Hall–Kier alpha value is -0.990. The second-order valence-electron chi connectivity index (χ2n) is 5.75. The summed E-state index contributed by atoms with van der Waals surface area (Å²) < 4.78 is 24.9. The molecule has 0 amide bonds. The molecule has 0 aromatic carbocycles. The van der Waals surface area contributed by atoms with E-state index < -0.39 is 6.43 Å². The van der Waals surface area contributed by atoms with Gasteiger partial charge in [-0.2, -0.15) is 0 Å². The van der Waals surface area contributed by atoms with Gasteiger partial charge in [-0.1, -0.05) is 44.8 Å². The van der Waals surface area contributed by atoms with Gasteiger partial charge in [0.2, 0.25) is 6.43 Å². The predicted octanol–water partition coefficient (Wildman–Crippen LogP) is 5.14. The monoisotopic (exact) mass is 267 g/mol. The molecule has 3 heteroatoms. The number of alkyl halides is 2. The van der Waals surface area contributed by atoms with E-state index in [2.05, 4.69) is 11.1 Å². The lowest BCUT2D eigenvalue weighted by Crippen LogP contribution is -2.12. The number of hydrogen-bond donors (Lipinski definition) is 0. The molecule has 0 spiro atoms. The zero-order chi connectivity index (χ0) is 13.7. The smallest absolute Gasteiger partial charge is 0.239 e. The van der Waals surface area contributed by atoms with Gasteiger partial charge in [-0.25, -0.2) is 8.78 Å². The van der Waals surface area contributed by atoms with Gasteiger partial charge < -0.3 is 0 Å². The van der Waals surface area contributed by atoms with Crippen molar-refractivity contribution in [3.8, 4) is 0 Å². The van der Waals surface area contributed by atoms with Crippen LogP contribution in [0.2, 0.25) is 0 Å². The molecule has 1 fully saturated rings. The molecule has 0 saturated heterocycles. The molecule has 1 saturated carbocycles. The zero-order valence-electron chi connectivity index (χ0n) is 11.6. The molecule has 19 heavy (non-hydrogen) atoms. The van der Waals surface area contributed by atoms with E-state index in [0.29, 0.717) is 0 Å². The molecule has 1 aliphatic heterocycles. The number of hydrogen-bond acceptors (Lipinski definition) is 1. The van der Waals surface area contributed by atoms with Gasteiger partial charge in [0.15, 0.2) is 0 Å². The molecule has 1 atom stereocenters. The third-order valence-electron chi connectivity index (χ3n) is 4.06. The highest BCUT2D eigenvalue weighted by molar-refractivity contribution is 5.97. The van der Waals surface area contributed by atoms with Gasteiger partial charge in [0.1, 0.15) is 0 Å². The summed E-state index contributed by atoms with van der Waals surface area (Å²) in [4.78, 5) is 4.65. The van der Waals surface area contributed by atoms with Gasteiger partial charge >= 0.3 is 0 Å². The van der Waals surface area contributed by atoms with E-state index in [1.165, 1.54) is 25.7 Å². The topological polar surface area (TPSA) is 12.4 Å². The third-order valence-corrected chi connectivity index (χ3v) is 4.06. The van der Waals surface area contributed by atoms with Crippen LogP contribution in [0, 0.1) is 11.8 Å². The Morgan fingerprint density at radius 1 is 1.32 bits per heavy atom. The largest absolute Gasteiger partial charge is 0.258 e. The molecule has 0 aromatic heterocycles. The fourth-order valence-corrected chi connectivity index (χ4v) is 2.94. The molecular weight excluding hydrogens is 244 g/mol. The molecule has 1 heterocycles. The molecule has 0 bridgehead atoms. The first-order valence-corrected chi connectivity index (χ1v) is 7.37. The standard InChI is InChI=1S/C16H23F2N/c1-12(10-16(17)18)15-9-5-4-8-14(19-15)11-13-6-2-3-7-13/h5,8-9,12-13,16H,2-4,6-7,10-11H2,1H3. The molecule has 0 N–H and O–H groups in total. The van der Waals surface area contributed by atoms with Crippen LogP contribution in [0.4, 0.5) is 8.78 Å². The Morgan fingerprint density at radius 2 is 2.05 bits per heavy atom. The van der Waals surface area contributed by atoms with E-state index in [9.17, 15) is 8.78 Å². The molecule has 2 aliphatic rings. The SMILES string of the molecule is CC(CC(F)F)C1=NC(CC2CCCC2)=CCC=C1. The number of rotatable bonds is 5. The predicted molar refractivity (Wildman–Crippen MR) is 75.6 cm³/mol. The van der Waals surface area contributed by atoms with Gasteiger partial charge in [-0.15, -0.1) is 0 Å². The van der Waals surface area contributed by atoms with Crippen molar-refractivity contribution in [3.05, 3.63) is 23.9 Å². The molecular formula is C16H23F2N. The van der Waals surface area contributed by atoms with Crippen molar-refractivity contribution < 1.29 is 8.78 Å². The molecule has 0 radical (unpaired) electrons. The lowest BCUT2D eigenvalue weighted by Gasteiger charge is -2.13. The number of nitrogens with zero attached hydrogens (tertiary/aromatic N) is 1. The van der Waals surface area contributed by atoms with Crippen LogP contribution in [0.25, 0.3) is 0 Å². The third kappa shape index (κ3) is 4.55. The average Bonchev–Trinajstić information content (AvgIpc) is 2.73. The lowest BCUT2D eigenvalue weighted by molar-refractivity contribution is 0.128. The van der Waals surface area contributed by atoms with Gasteiger partial charge in [0.05, 0.1) is 0 Å². The van der Waals surface area contributed by atoms with Crippen molar-refractivity contribution in [1.29, 1.82) is 0 Å². The number of aliphatic imine (C=N–C) groups is 1. The number of halogens is 2. The normalized spacial score (nSPS) is 22.3. The second kappa shape index (κ2) is 6.97. The van der Waals surface area contributed by atoms with Crippen LogP contribution in [0.1, 0.15) is 51.9 Å². The van der Waals surface area contributed by atoms with E-state index in [4.69, 9.17) is 0 Å². The van der Waals surface area contributed by atoms with Crippen LogP contribution in [-0.2, 0) is 0 Å². The van der Waals surface area contributed by atoms with Gasteiger partial charge in [0, 0.05) is 23.7 Å². The average molecular weight is 267 g/mol. The van der Waals surface area contributed by atoms with Crippen molar-refractivity contribution in [1.82, 2.24) is 0 Å². The van der Waals surface area contributed by atoms with Crippen LogP contribution in [0.5, 0.6) is 0 Å². The van der Waals surface area contributed by atoms with Crippen LogP contribution in [-0.4, -0.2) is 12.1 Å². The Balaban J connectivity index is 2.00. The lowest BCUT2D eigenvalue weighted by atomic mass is 10.00. The van der Waals surface area contributed by atoms with Gasteiger partial charge in [0.25, 0.3) is 0 Å². The highest BCUT2D eigenvalue weighted by atomic mass is 19.3. The van der Waals surface area contributed by atoms with Crippen molar-refractivity contribution in [3.63, 3.8) is 0 Å². The zero-order valence-corrected chi connectivity index (χ0v) is 11.6. The minimum atomic E-state index is -2.25.